The summed E-state index contributed by atoms with van der Waals surface area (Å²) < 4.78 is 10.1. The fraction of sp³-hybridized carbons (Fsp3) is 0.500. The summed E-state index contributed by atoms with van der Waals surface area (Å²) in [6.45, 7) is 1.79. The van der Waals surface area contributed by atoms with Crippen LogP contribution in [0.15, 0.2) is 27.5 Å². The largest absolute Gasteiger partial charge is 0.472 e. The van der Waals surface area contributed by atoms with Gasteiger partial charge in [0.15, 0.2) is 0 Å². The van der Waals surface area contributed by atoms with Gasteiger partial charge in [0.1, 0.15) is 6.26 Å². The Kier molecular flexibility index (Phi) is 5.08. The summed E-state index contributed by atoms with van der Waals surface area (Å²) in [7, 11) is 0. The van der Waals surface area contributed by atoms with Crippen LogP contribution in [0.1, 0.15) is 12.3 Å². The molecule has 0 unspecified atom stereocenters. The molecule has 0 spiro atoms. The topological polar surface area (TPSA) is 95.8 Å². The quantitative estimate of drug-likeness (QED) is 0.719. The van der Waals surface area contributed by atoms with Crippen molar-refractivity contribution in [1.29, 1.82) is 0 Å². The summed E-state index contributed by atoms with van der Waals surface area (Å²) in [5.41, 5.74) is 0.763. The van der Waals surface area contributed by atoms with E-state index < -0.39 is 0 Å². The maximum Gasteiger partial charge on any atom is 0.241 e. The molecule has 0 bridgehead atoms. The van der Waals surface area contributed by atoms with E-state index in [1.165, 1.54) is 0 Å². The lowest BCUT2D eigenvalue weighted by molar-refractivity contribution is 0.160. The summed E-state index contributed by atoms with van der Waals surface area (Å²) in [4.78, 5) is 6.21. The molecule has 2 N–H and O–H groups in total. The minimum atomic E-state index is 0.0498. The summed E-state index contributed by atoms with van der Waals surface area (Å²) in [5, 5.41) is 21.7. The molecule has 0 saturated heterocycles. The molecule has 7 heteroatoms. The number of hydrogen-bond acceptors (Lipinski definition) is 7. The van der Waals surface area contributed by atoms with E-state index in [-0.39, 0.29) is 13.2 Å². The average Bonchev–Trinajstić information content (AvgIpc) is 3.06. The lowest BCUT2D eigenvalue weighted by atomic mass is 10.3. The van der Waals surface area contributed by atoms with Crippen molar-refractivity contribution in [1.82, 2.24) is 15.0 Å². The molecule has 2 aromatic heterocycles. The lowest BCUT2D eigenvalue weighted by Crippen LogP contribution is -2.28. The minimum absolute atomic E-state index is 0.0498. The molecule has 0 atom stereocenters. The highest BCUT2D eigenvalue weighted by atomic mass is 16.5. The second-order valence-corrected chi connectivity index (χ2v) is 4.10. The van der Waals surface area contributed by atoms with E-state index in [2.05, 4.69) is 10.1 Å². The van der Waals surface area contributed by atoms with Crippen LogP contribution in [0.5, 0.6) is 0 Å². The van der Waals surface area contributed by atoms with E-state index in [0.717, 1.165) is 5.56 Å². The van der Waals surface area contributed by atoms with Gasteiger partial charge in [0.25, 0.3) is 0 Å². The molecule has 104 valence electrons. The first-order valence-corrected chi connectivity index (χ1v) is 6.12. The van der Waals surface area contributed by atoms with Crippen LogP contribution in [0.3, 0.4) is 0 Å². The summed E-state index contributed by atoms with van der Waals surface area (Å²) in [6, 6.07) is 1.76. The Balaban J connectivity index is 1.97. The number of nitrogens with zero attached hydrogens (tertiary/aromatic N) is 3. The van der Waals surface area contributed by atoms with Crippen molar-refractivity contribution >= 4 is 0 Å². The van der Waals surface area contributed by atoms with Gasteiger partial charge in [0.05, 0.1) is 25.0 Å². The third-order valence-electron chi connectivity index (χ3n) is 2.66. The first-order valence-electron chi connectivity index (χ1n) is 6.12. The standard InChI is InChI=1S/C12H17N3O4/c16-5-1-3-15(4-6-17)8-11-13-12(14-19-11)10-2-7-18-9-10/h2,7,9,16-17H,1,3-6,8H2. The van der Waals surface area contributed by atoms with E-state index in [1.54, 1.807) is 18.6 Å². The molecule has 0 aromatic carbocycles. The molecule has 0 saturated carbocycles. The second-order valence-electron chi connectivity index (χ2n) is 4.10. The van der Waals surface area contributed by atoms with Gasteiger partial charge in [0.2, 0.25) is 11.7 Å². The van der Waals surface area contributed by atoms with Gasteiger partial charge >= 0.3 is 0 Å². The van der Waals surface area contributed by atoms with Crippen LogP contribution in [0.25, 0.3) is 11.4 Å². The molecule has 0 radical (unpaired) electrons. The maximum absolute atomic E-state index is 8.99. The van der Waals surface area contributed by atoms with Crippen molar-refractivity contribution in [3.63, 3.8) is 0 Å². The van der Waals surface area contributed by atoms with Gasteiger partial charge in [-0.3, -0.25) is 4.90 Å². The van der Waals surface area contributed by atoms with Gasteiger partial charge in [-0.1, -0.05) is 5.16 Å². The third-order valence-corrected chi connectivity index (χ3v) is 2.66. The Morgan fingerprint density at radius 1 is 1.21 bits per heavy atom. The van der Waals surface area contributed by atoms with E-state index in [4.69, 9.17) is 19.2 Å². The first kappa shape index (κ1) is 13.7. The molecule has 2 aromatic rings. The second kappa shape index (κ2) is 7.03. The van der Waals surface area contributed by atoms with Crippen molar-refractivity contribution in [3.05, 3.63) is 24.5 Å². The van der Waals surface area contributed by atoms with Gasteiger partial charge in [-0.2, -0.15) is 4.98 Å². The van der Waals surface area contributed by atoms with E-state index in [0.29, 0.717) is 37.8 Å². The SMILES string of the molecule is OCCCN(CCO)Cc1nc(-c2ccoc2)no1. The lowest BCUT2D eigenvalue weighted by Gasteiger charge is -2.18. The summed E-state index contributed by atoms with van der Waals surface area (Å²) in [5.74, 6) is 0.956. The minimum Gasteiger partial charge on any atom is -0.472 e. The Hall–Kier alpha value is -1.70. The zero-order chi connectivity index (χ0) is 13.5. The normalized spacial score (nSPS) is 11.3. The van der Waals surface area contributed by atoms with E-state index in [9.17, 15) is 0 Å². The predicted molar refractivity (Wildman–Crippen MR) is 66.1 cm³/mol. The van der Waals surface area contributed by atoms with Crippen LogP contribution in [0.4, 0.5) is 0 Å². The molecule has 0 amide bonds. The van der Waals surface area contributed by atoms with Gasteiger partial charge in [-0.25, -0.2) is 0 Å². The van der Waals surface area contributed by atoms with Gasteiger partial charge < -0.3 is 19.2 Å². The van der Waals surface area contributed by atoms with Crippen LogP contribution in [0, 0.1) is 0 Å². The fourth-order valence-corrected chi connectivity index (χ4v) is 1.72. The Bertz CT molecular complexity index is 469. The molecule has 0 aliphatic carbocycles. The molecule has 0 aliphatic heterocycles. The highest BCUT2D eigenvalue weighted by Crippen LogP contribution is 2.16. The molecule has 2 heterocycles. The predicted octanol–water partition coefficient (Wildman–Crippen LogP) is 0.506. The van der Waals surface area contributed by atoms with E-state index >= 15 is 0 Å². The van der Waals surface area contributed by atoms with E-state index in [1.807, 2.05) is 4.90 Å². The molecule has 7 nitrogen and oxygen atoms in total. The molecule has 0 fully saturated rings. The molecule has 2 rings (SSSR count). The van der Waals surface area contributed by atoms with Crippen LogP contribution < -0.4 is 0 Å². The maximum atomic E-state index is 8.99. The highest BCUT2D eigenvalue weighted by molar-refractivity contribution is 5.51. The number of aliphatic hydroxyl groups is 2. The highest BCUT2D eigenvalue weighted by Gasteiger charge is 2.13. The summed E-state index contributed by atoms with van der Waals surface area (Å²) in [6.07, 6.45) is 3.74. The van der Waals surface area contributed by atoms with Crippen molar-refractivity contribution in [2.75, 3.05) is 26.3 Å². The number of aromatic nitrogens is 2. The average molecular weight is 267 g/mol. The zero-order valence-electron chi connectivity index (χ0n) is 10.5. The Labute approximate surface area is 110 Å². The number of hydrogen-bond donors (Lipinski definition) is 2. The van der Waals surface area contributed by atoms with Crippen molar-refractivity contribution in [2.45, 2.75) is 13.0 Å². The third kappa shape index (κ3) is 3.88. The number of furan rings is 1. The van der Waals surface area contributed by atoms with Crippen molar-refractivity contribution in [2.24, 2.45) is 0 Å². The van der Waals surface area contributed by atoms with Crippen molar-refractivity contribution < 1.29 is 19.2 Å². The van der Waals surface area contributed by atoms with Crippen LogP contribution in [0.2, 0.25) is 0 Å². The zero-order valence-corrected chi connectivity index (χ0v) is 10.5. The smallest absolute Gasteiger partial charge is 0.241 e. The van der Waals surface area contributed by atoms with Crippen molar-refractivity contribution in [3.8, 4) is 11.4 Å². The first-order chi connectivity index (χ1) is 9.33. The molecule has 19 heavy (non-hydrogen) atoms. The Morgan fingerprint density at radius 3 is 2.79 bits per heavy atom. The van der Waals surface area contributed by atoms with Crippen LogP contribution >= 0.6 is 0 Å². The van der Waals surface area contributed by atoms with Crippen LogP contribution in [-0.4, -0.2) is 51.6 Å². The van der Waals surface area contributed by atoms with Gasteiger partial charge in [-0.15, -0.1) is 0 Å². The summed E-state index contributed by atoms with van der Waals surface area (Å²) >= 11 is 0. The molecular formula is C12H17N3O4. The monoisotopic (exact) mass is 267 g/mol. The molecule has 0 aliphatic rings. The fourth-order valence-electron chi connectivity index (χ4n) is 1.72. The van der Waals surface area contributed by atoms with Crippen LogP contribution in [-0.2, 0) is 6.54 Å². The molecular weight excluding hydrogens is 250 g/mol. The number of rotatable bonds is 8. The van der Waals surface area contributed by atoms with Gasteiger partial charge in [0, 0.05) is 19.7 Å². The van der Waals surface area contributed by atoms with Gasteiger partial charge in [-0.05, 0) is 12.5 Å². The Morgan fingerprint density at radius 2 is 2.11 bits per heavy atom. The number of aliphatic hydroxyl groups excluding tert-OH is 2.